The molecular formula is C21H18N2O5S. The number of hydrogen-bond acceptors (Lipinski definition) is 5. The van der Waals surface area contributed by atoms with Crippen molar-refractivity contribution in [3.05, 3.63) is 60.7 Å². The average molecular weight is 410 g/mol. The van der Waals surface area contributed by atoms with E-state index in [9.17, 15) is 18.0 Å². The summed E-state index contributed by atoms with van der Waals surface area (Å²) in [6, 6.07) is 16.9. The van der Waals surface area contributed by atoms with Crippen molar-refractivity contribution in [3.8, 4) is 5.75 Å². The van der Waals surface area contributed by atoms with Crippen molar-refractivity contribution in [2.24, 2.45) is 0 Å². The van der Waals surface area contributed by atoms with Crippen LogP contribution in [-0.2, 0) is 19.6 Å². The normalized spacial score (nSPS) is 14.4. The van der Waals surface area contributed by atoms with Crippen molar-refractivity contribution in [3.63, 3.8) is 0 Å². The average Bonchev–Trinajstić information content (AvgIpc) is 3.05. The minimum absolute atomic E-state index is 0.0750. The molecular weight excluding hydrogens is 392 g/mol. The second kappa shape index (κ2) is 7.21. The van der Waals surface area contributed by atoms with Crippen molar-refractivity contribution in [2.45, 2.75) is 17.7 Å². The molecule has 4 rings (SSSR count). The quantitative estimate of drug-likeness (QED) is 0.652. The summed E-state index contributed by atoms with van der Waals surface area (Å²) >= 11 is 0. The number of fused-ring (bicyclic) bond motifs is 1. The largest absolute Gasteiger partial charge is 0.495 e. The molecule has 1 fully saturated rings. The third-order valence-corrected chi connectivity index (χ3v) is 6.13. The standard InChI is InChI=1S/C21H18N2O5S/c1-28-19-9-8-17(13-18(19)23-20(24)10-11-21(23)25)29(26,27)22-16-7-6-14-4-2-3-5-15(14)12-16/h2-9,12-13,22H,10-11H2,1H3. The molecule has 0 spiro atoms. The zero-order valence-corrected chi connectivity index (χ0v) is 16.4. The van der Waals surface area contributed by atoms with E-state index in [-0.39, 0.29) is 41.0 Å². The van der Waals surface area contributed by atoms with Gasteiger partial charge in [0.2, 0.25) is 11.8 Å². The summed E-state index contributed by atoms with van der Waals surface area (Å²) < 4.78 is 33.6. The SMILES string of the molecule is COc1ccc(S(=O)(=O)Nc2ccc3ccccc3c2)cc1N1C(=O)CCC1=O. The third-order valence-electron chi connectivity index (χ3n) is 4.75. The minimum Gasteiger partial charge on any atom is -0.495 e. The molecule has 3 aromatic carbocycles. The van der Waals surface area contributed by atoms with E-state index in [0.717, 1.165) is 15.7 Å². The molecule has 0 bridgehead atoms. The maximum Gasteiger partial charge on any atom is 0.261 e. The highest BCUT2D eigenvalue weighted by molar-refractivity contribution is 7.92. The zero-order chi connectivity index (χ0) is 20.6. The Morgan fingerprint density at radius 3 is 2.28 bits per heavy atom. The van der Waals surface area contributed by atoms with Gasteiger partial charge in [0.15, 0.2) is 0 Å². The van der Waals surface area contributed by atoms with Gasteiger partial charge in [0.25, 0.3) is 10.0 Å². The second-order valence-corrected chi connectivity index (χ2v) is 8.31. The van der Waals surface area contributed by atoms with E-state index in [0.29, 0.717) is 5.69 Å². The summed E-state index contributed by atoms with van der Waals surface area (Å²) in [7, 11) is -2.55. The molecule has 1 N–H and O–H groups in total. The molecule has 0 aromatic heterocycles. The highest BCUT2D eigenvalue weighted by atomic mass is 32.2. The maximum absolute atomic E-state index is 12.9. The Hall–Kier alpha value is -3.39. The molecule has 3 aromatic rings. The van der Waals surface area contributed by atoms with Crippen molar-refractivity contribution < 1.29 is 22.7 Å². The number of nitrogens with one attached hydrogen (secondary N) is 1. The van der Waals surface area contributed by atoms with Gasteiger partial charge in [0, 0.05) is 18.5 Å². The smallest absolute Gasteiger partial charge is 0.261 e. The molecule has 29 heavy (non-hydrogen) atoms. The molecule has 1 aliphatic heterocycles. The third kappa shape index (κ3) is 3.54. The van der Waals surface area contributed by atoms with Crippen LogP contribution in [0.1, 0.15) is 12.8 Å². The van der Waals surface area contributed by atoms with E-state index >= 15 is 0 Å². The van der Waals surface area contributed by atoms with E-state index < -0.39 is 10.0 Å². The maximum atomic E-state index is 12.9. The molecule has 7 nitrogen and oxygen atoms in total. The predicted octanol–water partition coefficient (Wildman–Crippen LogP) is 3.30. The molecule has 1 heterocycles. The lowest BCUT2D eigenvalue weighted by Gasteiger charge is -2.18. The van der Waals surface area contributed by atoms with Gasteiger partial charge in [-0.3, -0.25) is 14.3 Å². The molecule has 1 aliphatic rings. The van der Waals surface area contributed by atoms with Crippen LogP contribution in [0.4, 0.5) is 11.4 Å². The van der Waals surface area contributed by atoms with Gasteiger partial charge in [0.1, 0.15) is 5.75 Å². The zero-order valence-electron chi connectivity index (χ0n) is 15.6. The van der Waals surface area contributed by atoms with E-state index in [1.165, 1.54) is 25.3 Å². The van der Waals surface area contributed by atoms with Crippen molar-refractivity contribution in [1.82, 2.24) is 0 Å². The lowest BCUT2D eigenvalue weighted by atomic mass is 10.1. The number of ether oxygens (including phenoxy) is 1. The Kier molecular flexibility index (Phi) is 4.71. The molecule has 8 heteroatoms. The van der Waals surface area contributed by atoms with E-state index in [4.69, 9.17) is 4.74 Å². The van der Waals surface area contributed by atoms with Crippen LogP contribution in [0, 0.1) is 0 Å². The first kappa shape index (κ1) is 18.9. The highest BCUT2D eigenvalue weighted by Crippen LogP contribution is 2.34. The lowest BCUT2D eigenvalue weighted by Crippen LogP contribution is -2.29. The molecule has 0 aliphatic carbocycles. The first-order chi connectivity index (χ1) is 13.9. The van der Waals surface area contributed by atoms with Crippen molar-refractivity contribution >= 4 is 44.0 Å². The van der Waals surface area contributed by atoms with Gasteiger partial charge in [-0.05, 0) is 41.1 Å². The van der Waals surface area contributed by atoms with Gasteiger partial charge in [-0.1, -0.05) is 30.3 Å². The van der Waals surface area contributed by atoms with Crippen LogP contribution in [0.3, 0.4) is 0 Å². The van der Waals surface area contributed by atoms with E-state index in [2.05, 4.69) is 4.72 Å². The van der Waals surface area contributed by atoms with Crippen LogP contribution in [0.15, 0.2) is 65.6 Å². The summed E-state index contributed by atoms with van der Waals surface area (Å²) in [6.07, 6.45) is 0.183. The molecule has 0 atom stereocenters. The Labute approximate surface area is 167 Å². The van der Waals surface area contributed by atoms with Gasteiger partial charge < -0.3 is 4.74 Å². The highest BCUT2D eigenvalue weighted by Gasteiger charge is 2.33. The Balaban J connectivity index is 1.71. The summed E-state index contributed by atoms with van der Waals surface area (Å²) in [5, 5.41) is 1.89. The number of carbonyl (C=O) groups excluding carboxylic acids is 2. The van der Waals surface area contributed by atoms with E-state index in [1.807, 2.05) is 30.3 Å². The van der Waals surface area contributed by atoms with Gasteiger partial charge in [-0.2, -0.15) is 0 Å². The number of nitrogens with zero attached hydrogens (tertiary/aromatic N) is 1. The number of amides is 2. The molecule has 0 radical (unpaired) electrons. The Morgan fingerprint density at radius 1 is 0.897 bits per heavy atom. The molecule has 0 unspecified atom stereocenters. The van der Waals surface area contributed by atoms with Crippen LogP contribution in [0.25, 0.3) is 10.8 Å². The monoisotopic (exact) mass is 410 g/mol. The topological polar surface area (TPSA) is 92.8 Å². The van der Waals surface area contributed by atoms with Crippen LogP contribution in [0.5, 0.6) is 5.75 Å². The number of carbonyl (C=O) groups is 2. The molecule has 1 saturated heterocycles. The van der Waals surface area contributed by atoms with Gasteiger partial charge >= 0.3 is 0 Å². The molecule has 148 valence electrons. The number of anilines is 2. The van der Waals surface area contributed by atoms with E-state index in [1.54, 1.807) is 12.1 Å². The Bertz CT molecular complexity index is 1220. The number of sulfonamides is 1. The van der Waals surface area contributed by atoms with Crippen LogP contribution >= 0.6 is 0 Å². The lowest BCUT2D eigenvalue weighted by molar-refractivity contribution is -0.121. The minimum atomic E-state index is -3.95. The summed E-state index contributed by atoms with van der Waals surface area (Å²) in [6.45, 7) is 0. The summed E-state index contributed by atoms with van der Waals surface area (Å²) in [4.78, 5) is 25.1. The molecule has 0 saturated carbocycles. The van der Waals surface area contributed by atoms with Crippen LogP contribution < -0.4 is 14.4 Å². The summed E-state index contributed by atoms with van der Waals surface area (Å²) in [5.41, 5.74) is 0.538. The summed E-state index contributed by atoms with van der Waals surface area (Å²) in [5.74, 6) is -0.520. The number of hydrogen-bond donors (Lipinski definition) is 1. The van der Waals surface area contributed by atoms with Gasteiger partial charge in [0.05, 0.1) is 17.7 Å². The fourth-order valence-electron chi connectivity index (χ4n) is 3.32. The fourth-order valence-corrected chi connectivity index (χ4v) is 4.39. The first-order valence-corrected chi connectivity index (χ1v) is 10.4. The van der Waals surface area contributed by atoms with Crippen molar-refractivity contribution in [1.29, 1.82) is 0 Å². The van der Waals surface area contributed by atoms with Gasteiger partial charge in [-0.25, -0.2) is 13.3 Å². The number of imide groups is 1. The van der Waals surface area contributed by atoms with Crippen LogP contribution in [0.2, 0.25) is 0 Å². The number of rotatable bonds is 5. The molecule has 2 amide bonds. The second-order valence-electron chi connectivity index (χ2n) is 6.62. The predicted molar refractivity (Wildman–Crippen MR) is 109 cm³/mol. The van der Waals surface area contributed by atoms with Crippen molar-refractivity contribution in [2.75, 3.05) is 16.7 Å². The number of benzene rings is 3. The first-order valence-electron chi connectivity index (χ1n) is 8.94. The van der Waals surface area contributed by atoms with Crippen LogP contribution in [-0.4, -0.2) is 27.3 Å². The fraction of sp³-hybridized carbons (Fsp3) is 0.143. The Morgan fingerprint density at radius 2 is 1.59 bits per heavy atom. The number of methoxy groups -OCH3 is 1. The van der Waals surface area contributed by atoms with Gasteiger partial charge in [-0.15, -0.1) is 0 Å².